The zero-order chi connectivity index (χ0) is 14.7. The van der Waals surface area contributed by atoms with Crippen molar-refractivity contribution < 1.29 is 14.5 Å². The summed E-state index contributed by atoms with van der Waals surface area (Å²) in [6.45, 7) is 3.98. The Morgan fingerprint density at radius 2 is 1.86 bits per heavy atom. The van der Waals surface area contributed by atoms with Gasteiger partial charge in [-0.25, -0.2) is 0 Å². The van der Waals surface area contributed by atoms with E-state index in [1.807, 2.05) is 49.4 Å². The molecule has 1 fully saturated rings. The average Bonchev–Trinajstić information content (AvgIpc) is 2.83. The van der Waals surface area contributed by atoms with Crippen LogP contribution in [0.25, 0.3) is 0 Å². The van der Waals surface area contributed by atoms with Crippen LogP contribution in [-0.2, 0) is 20.3 Å². The van der Waals surface area contributed by atoms with Crippen LogP contribution in [-0.4, -0.2) is 5.79 Å². The first-order chi connectivity index (χ1) is 10.1. The van der Waals surface area contributed by atoms with Gasteiger partial charge in [-0.2, -0.15) is 9.78 Å². The topological polar surface area (TPSA) is 27.7 Å². The Balaban J connectivity index is 1.99. The number of fused-ring (bicyclic) bond motifs is 4. The minimum atomic E-state index is -1.05. The number of hydrogen-bond acceptors (Lipinski definition) is 3. The van der Waals surface area contributed by atoms with Crippen LogP contribution in [0, 0.1) is 0 Å². The Morgan fingerprint density at radius 1 is 1.05 bits per heavy atom. The molecular formula is C17H15ClO3. The second kappa shape index (κ2) is 4.31. The molecule has 2 aliphatic rings. The summed E-state index contributed by atoms with van der Waals surface area (Å²) in [5.74, 6) is -1.79. The Kier molecular flexibility index (Phi) is 2.72. The van der Waals surface area contributed by atoms with E-state index >= 15 is 0 Å². The zero-order valence-electron chi connectivity index (χ0n) is 11.8. The zero-order valence-corrected chi connectivity index (χ0v) is 12.6. The maximum Gasteiger partial charge on any atom is 0.257 e. The molecular weight excluding hydrogens is 288 g/mol. The van der Waals surface area contributed by atoms with E-state index in [4.69, 9.17) is 26.1 Å². The van der Waals surface area contributed by atoms with E-state index in [1.54, 1.807) is 0 Å². The Labute approximate surface area is 128 Å². The highest BCUT2D eigenvalue weighted by Gasteiger charge is 2.60. The van der Waals surface area contributed by atoms with E-state index in [0.29, 0.717) is 5.02 Å². The lowest BCUT2D eigenvalue weighted by molar-refractivity contribution is -0.342. The van der Waals surface area contributed by atoms with Gasteiger partial charge < -0.3 is 4.74 Å². The third-order valence-electron chi connectivity index (χ3n) is 4.44. The summed E-state index contributed by atoms with van der Waals surface area (Å²) in [6.07, 6.45) is 0. The molecule has 4 rings (SSSR count). The summed E-state index contributed by atoms with van der Waals surface area (Å²) in [7, 11) is 0. The van der Waals surface area contributed by atoms with Crippen molar-refractivity contribution in [2.24, 2.45) is 0 Å². The molecule has 0 saturated carbocycles. The van der Waals surface area contributed by atoms with Crippen LogP contribution in [0.2, 0.25) is 5.02 Å². The standard InChI is InChI=1S/C17H15ClO3/c1-11-14-8-3-4-9-15(14)17(19-16(11,2)20-21-17)12-6-5-7-13(18)10-12/h3-11H,1-2H3/t11?,16-,17+/m1/s1. The Morgan fingerprint density at radius 3 is 2.67 bits per heavy atom. The van der Waals surface area contributed by atoms with E-state index in [-0.39, 0.29) is 5.92 Å². The van der Waals surface area contributed by atoms with Crippen LogP contribution in [0.1, 0.15) is 36.5 Å². The third kappa shape index (κ3) is 1.72. The molecule has 108 valence electrons. The summed E-state index contributed by atoms with van der Waals surface area (Å²) in [6, 6.07) is 15.6. The number of hydrogen-bond donors (Lipinski definition) is 0. The molecule has 3 atom stereocenters. The van der Waals surface area contributed by atoms with Gasteiger partial charge in [-0.3, -0.25) is 0 Å². The Bertz CT molecular complexity index is 717. The molecule has 0 N–H and O–H groups in total. The maximum atomic E-state index is 6.25. The summed E-state index contributed by atoms with van der Waals surface area (Å²) >= 11 is 6.14. The number of rotatable bonds is 1. The fraction of sp³-hybridized carbons (Fsp3) is 0.294. The van der Waals surface area contributed by atoms with Crippen LogP contribution in [0.15, 0.2) is 48.5 Å². The molecule has 2 heterocycles. The molecule has 2 bridgehead atoms. The molecule has 2 aromatic rings. The van der Waals surface area contributed by atoms with Gasteiger partial charge in [0.05, 0.1) is 0 Å². The van der Waals surface area contributed by atoms with Gasteiger partial charge in [0.15, 0.2) is 0 Å². The van der Waals surface area contributed by atoms with E-state index in [1.165, 1.54) is 5.56 Å². The van der Waals surface area contributed by atoms with Crippen molar-refractivity contribution in [3.05, 3.63) is 70.2 Å². The number of ether oxygens (including phenoxy) is 1. The average molecular weight is 303 g/mol. The molecule has 0 amide bonds. The van der Waals surface area contributed by atoms with Crippen molar-refractivity contribution in [2.45, 2.75) is 31.3 Å². The highest BCUT2D eigenvalue weighted by Crippen LogP contribution is 2.56. The van der Waals surface area contributed by atoms with Crippen molar-refractivity contribution in [3.8, 4) is 0 Å². The van der Waals surface area contributed by atoms with Crippen LogP contribution in [0.3, 0.4) is 0 Å². The van der Waals surface area contributed by atoms with Gasteiger partial charge in [-0.15, -0.1) is 0 Å². The normalized spacial score (nSPS) is 33.8. The molecule has 0 aliphatic carbocycles. The van der Waals surface area contributed by atoms with Gasteiger partial charge in [0.2, 0.25) is 5.79 Å². The molecule has 0 radical (unpaired) electrons. The van der Waals surface area contributed by atoms with E-state index < -0.39 is 11.6 Å². The SMILES string of the molecule is CC1c2ccccc2[C@]2(c3cccc(Cl)c3)OO[C@@]1(C)O2. The molecule has 3 nitrogen and oxygen atoms in total. The van der Waals surface area contributed by atoms with Gasteiger partial charge in [-0.05, 0) is 24.6 Å². The van der Waals surface area contributed by atoms with Crippen molar-refractivity contribution in [2.75, 3.05) is 0 Å². The fourth-order valence-corrected chi connectivity index (χ4v) is 3.32. The summed E-state index contributed by atoms with van der Waals surface area (Å²) < 4.78 is 6.25. The van der Waals surface area contributed by atoms with Crippen LogP contribution >= 0.6 is 11.6 Å². The predicted molar refractivity (Wildman–Crippen MR) is 78.7 cm³/mol. The number of benzene rings is 2. The molecule has 0 spiro atoms. The molecule has 2 aliphatic heterocycles. The molecule has 1 unspecified atom stereocenters. The summed E-state index contributed by atoms with van der Waals surface area (Å²) in [5, 5.41) is 0.638. The first-order valence-electron chi connectivity index (χ1n) is 6.98. The van der Waals surface area contributed by atoms with Gasteiger partial charge >= 0.3 is 0 Å². The van der Waals surface area contributed by atoms with Crippen molar-refractivity contribution in [3.63, 3.8) is 0 Å². The smallest absolute Gasteiger partial charge is 0.257 e. The fourth-order valence-electron chi connectivity index (χ4n) is 3.13. The first-order valence-corrected chi connectivity index (χ1v) is 7.35. The molecule has 2 aromatic carbocycles. The largest absolute Gasteiger partial charge is 0.304 e. The lowest BCUT2D eigenvalue weighted by Gasteiger charge is -2.38. The van der Waals surface area contributed by atoms with E-state index in [0.717, 1.165) is 11.1 Å². The number of halogens is 1. The van der Waals surface area contributed by atoms with Gasteiger partial charge in [0.1, 0.15) is 0 Å². The maximum absolute atomic E-state index is 6.25. The third-order valence-corrected chi connectivity index (χ3v) is 4.68. The van der Waals surface area contributed by atoms with Gasteiger partial charge in [0, 0.05) is 22.1 Å². The van der Waals surface area contributed by atoms with Gasteiger partial charge in [0.25, 0.3) is 5.79 Å². The molecule has 1 saturated heterocycles. The highest BCUT2D eigenvalue weighted by atomic mass is 35.5. The molecule has 21 heavy (non-hydrogen) atoms. The van der Waals surface area contributed by atoms with Crippen LogP contribution < -0.4 is 0 Å². The lowest BCUT2D eigenvalue weighted by Crippen LogP contribution is -2.43. The summed E-state index contributed by atoms with van der Waals surface area (Å²) in [5.41, 5.74) is 2.97. The van der Waals surface area contributed by atoms with E-state index in [2.05, 4.69) is 13.0 Å². The lowest BCUT2D eigenvalue weighted by atomic mass is 9.81. The second-order valence-corrected chi connectivity index (χ2v) is 6.16. The van der Waals surface area contributed by atoms with Crippen molar-refractivity contribution >= 4 is 11.6 Å². The van der Waals surface area contributed by atoms with Gasteiger partial charge in [-0.1, -0.05) is 54.9 Å². The Hall–Kier alpha value is -1.39. The predicted octanol–water partition coefficient (Wildman–Crippen LogP) is 4.35. The minimum Gasteiger partial charge on any atom is -0.304 e. The highest BCUT2D eigenvalue weighted by molar-refractivity contribution is 6.30. The summed E-state index contributed by atoms with van der Waals surface area (Å²) in [4.78, 5) is 11.3. The molecule has 0 aromatic heterocycles. The van der Waals surface area contributed by atoms with Crippen LogP contribution in [0.5, 0.6) is 0 Å². The monoisotopic (exact) mass is 302 g/mol. The molecule has 4 heteroatoms. The quantitative estimate of drug-likeness (QED) is 0.733. The second-order valence-electron chi connectivity index (χ2n) is 5.72. The van der Waals surface area contributed by atoms with Crippen molar-refractivity contribution in [1.29, 1.82) is 0 Å². The van der Waals surface area contributed by atoms with Crippen molar-refractivity contribution in [1.82, 2.24) is 0 Å². The first kappa shape index (κ1) is 13.3. The minimum absolute atomic E-state index is 0.0727. The van der Waals surface area contributed by atoms with E-state index in [9.17, 15) is 0 Å². The van der Waals surface area contributed by atoms with Crippen LogP contribution in [0.4, 0.5) is 0 Å².